The topological polar surface area (TPSA) is 46.8 Å². The maximum absolute atomic E-state index is 12.7. The number of alkyl halides is 3. The first kappa shape index (κ1) is 17.8. The van der Waals surface area contributed by atoms with Crippen molar-refractivity contribution in [3.05, 3.63) is 35.7 Å². The summed E-state index contributed by atoms with van der Waals surface area (Å²) in [6.07, 6.45) is 0.523. The molecule has 0 spiro atoms. The third-order valence-corrected chi connectivity index (χ3v) is 5.00. The molecule has 1 heterocycles. The van der Waals surface area contributed by atoms with Gasteiger partial charge in [-0.25, -0.2) is 0 Å². The lowest BCUT2D eigenvalue weighted by molar-refractivity contribution is -0.137. The SMILES string of the molecule is CC1CCCCC1N(C)Cc1nnnn1-c1ccc(C(F)(F)F)cc1. The second-order valence-corrected chi connectivity index (χ2v) is 6.80. The van der Waals surface area contributed by atoms with Gasteiger partial charge < -0.3 is 0 Å². The number of nitrogens with zero attached hydrogens (tertiary/aromatic N) is 5. The lowest BCUT2D eigenvalue weighted by Crippen LogP contribution is -2.39. The van der Waals surface area contributed by atoms with Crippen molar-refractivity contribution >= 4 is 0 Å². The number of halogens is 3. The maximum Gasteiger partial charge on any atom is 0.416 e. The van der Waals surface area contributed by atoms with Gasteiger partial charge in [0.25, 0.3) is 0 Å². The molecule has 1 aromatic carbocycles. The molecule has 2 aromatic rings. The van der Waals surface area contributed by atoms with E-state index in [-0.39, 0.29) is 0 Å². The molecule has 0 saturated heterocycles. The Hall–Kier alpha value is -1.96. The molecule has 1 saturated carbocycles. The normalized spacial score (nSPS) is 21.7. The minimum Gasteiger partial charge on any atom is -0.296 e. The predicted octanol–water partition coefficient (Wildman–Crippen LogP) is 3.69. The molecule has 2 unspecified atom stereocenters. The van der Waals surface area contributed by atoms with Crippen LogP contribution in [0.25, 0.3) is 5.69 Å². The fraction of sp³-hybridized carbons (Fsp3) is 0.588. The van der Waals surface area contributed by atoms with Crippen molar-refractivity contribution < 1.29 is 13.2 Å². The van der Waals surface area contributed by atoms with Crippen molar-refractivity contribution in [2.45, 2.75) is 51.4 Å². The van der Waals surface area contributed by atoms with E-state index in [1.807, 2.05) is 0 Å². The van der Waals surface area contributed by atoms with Gasteiger partial charge in [0, 0.05) is 6.04 Å². The zero-order chi connectivity index (χ0) is 18.0. The van der Waals surface area contributed by atoms with Gasteiger partial charge in [-0.1, -0.05) is 19.8 Å². The summed E-state index contributed by atoms with van der Waals surface area (Å²) in [7, 11) is 2.05. The van der Waals surface area contributed by atoms with Crippen molar-refractivity contribution in [1.82, 2.24) is 25.1 Å². The minimum atomic E-state index is -4.35. The van der Waals surface area contributed by atoms with Crippen LogP contribution in [-0.4, -0.2) is 38.2 Å². The van der Waals surface area contributed by atoms with Crippen LogP contribution in [0, 0.1) is 5.92 Å². The summed E-state index contributed by atoms with van der Waals surface area (Å²) in [6, 6.07) is 5.37. The van der Waals surface area contributed by atoms with Crippen LogP contribution in [0.3, 0.4) is 0 Å². The van der Waals surface area contributed by atoms with Crippen LogP contribution in [-0.2, 0) is 12.7 Å². The molecular weight excluding hydrogens is 331 g/mol. The quantitative estimate of drug-likeness (QED) is 0.841. The summed E-state index contributed by atoms with van der Waals surface area (Å²) >= 11 is 0. The van der Waals surface area contributed by atoms with Crippen LogP contribution < -0.4 is 0 Å². The monoisotopic (exact) mass is 353 g/mol. The molecule has 1 aromatic heterocycles. The molecule has 1 aliphatic rings. The molecule has 0 bridgehead atoms. The Kier molecular flexibility index (Phi) is 5.08. The van der Waals surface area contributed by atoms with E-state index in [4.69, 9.17) is 0 Å². The van der Waals surface area contributed by atoms with Crippen LogP contribution in [0.2, 0.25) is 0 Å². The summed E-state index contributed by atoms with van der Waals surface area (Å²) in [5.74, 6) is 1.24. The number of tetrazole rings is 1. The Morgan fingerprint density at radius 3 is 2.48 bits per heavy atom. The smallest absolute Gasteiger partial charge is 0.296 e. The van der Waals surface area contributed by atoms with Crippen LogP contribution >= 0.6 is 0 Å². The van der Waals surface area contributed by atoms with E-state index in [2.05, 4.69) is 34.4 Å². The minimum absolute atomic E-state index is 0.478. The molecule has 1 fully saturated rings. The van der Waals surface area contributed by atoms with Crippen molar-refractivity contribution in [2.24, 2.45) is 5.92 Å². The lowest BCUT2D eigenvalue weighted by Gasteiger charge is -2.35. The van der Waals surface area contributed by atoms with E-state index in [0.29, 0.717) is 30.0 Å². The van der Waals surface area contributed by atoms with Crippen molar-refractivity contribution in [3.63, 3.8) is 0 Å². The third kappa shape index (κ3) is 4.00. The molecule has 0 radical (unpaired) electrons. The molecule has 136 valence electrons. The standard InChI is InChI=1S/C17H22F3N5/c1-12-5-3-4-6-15(12)24(2)11-16-21-22-23-25(16)14-9-7-13(8-10-14)17(18,19)20/h7-10,12,15H,3-6,11H2,1-2H3. The summed E-state index contributed by atoms with van der Waals surface area (Å²) in [5, 5.41) is 11.7. The highest BCUT2D eigenvalue weighted by Gasteiger charge is 2.30. The van der Waals surface area contributed by atoms with Crippen molar-refractivity contribution in [1.29, 1.82) is 0 Å². The van der Waals surface area contributed by atoms with Crippen LogP contribution in [0.15, 0.2) is 24.3 Å². The predicted molar refractivity (Wildman–Crippen MR) is 87.0 cm³/mol. The Labute approximate surface area is 144 Å². The Morgan fingerprint density at radius 1 is 1.16 bits per heavy atom. The second kappa shape index (κ2) is 7.11. The highest BCUT2D eigenvalue weighted by Crippen LogP contribution is 2.30. The second-order valence-electron chi connectivity index (χ2n) is 6.80. The highest BCUT2D eigenvalue weighted by molar-refractivity contribution is 5.35. The number of rotatable bonds is 4. The first-order chi connectivity index (χ1) is 11.9. The average Bonchev–Trinajstić information content (AvgIpc) is 3.02. The van der Waals surface area contributed by atoms with E-state index < -0.39 is 11.7 Å². The van der Waals surface area contributed by atoms with Crippen LogP contribution in [0.5, 0.6) is 0 Å². The Morgan fingerprint density at radius 2 is 1.84 bits per heavy atom. The molecule has 25 heavy (non-hydrogen) atoms. The lowest BCUT2D eigenvalue weighted by atomic mass is 9.85. The van der Waals surface area contributed by atoms with E-state index in [9.17, 15) is 13.2 Å². The van der Waals surface area contributed by atoms with E-state index >= 15 is 0 Å². The maximum atomic E-state index is 12.7. The summed E-state index contributed by atoms with van der Waals surface area (Å²) < 4.78 is 39.6. The molecule has 5 nitrogen and oxygen atoms in total. The number of aromatic nitrogens is 4. The van der Waals surface area contributed by atoms with Crippen molar-refractivity contribution in [2.75, 3.05) is 7.05 Å². The van der Waals surface area contributed by atoms with Gasteiger partial charge in [0.15, 0.2) is 5.82 Å². The Balaban J connectivity index is 1.76. The zero-order valence-electron chi connectivity index (χ0n) is 14.4. The van der Waals surface area contributed by atoms with E-state index in [0.717, 1.165) is 18.6 Å². The third-order valence-electron chi connectivity index (χ3n) is 5.00. The van der Waals surface area contributed by atoms with Crippen molar-refractivity contribution in [3.8, 4) is 5.69 Å². The molecule has 8 heteroatoms. The molecule has 1 aliphatic carbocycles. The Bertz CT molecular complexity index is 695. The van der Waals surface area contributed by atoms with Gasteiger partial charge in [-0.15, -0.1) is 5.10 Å². The summed E-state index contributed by atoms with van der Waals surface area (Å²) in [6.45, 7) is 2.82. The van der Waals surface area contributed by atoms with Gasteiger partial charge in [0.1, 0.15) is 0 Å². The molecule has 0 amide bonds. The first-order valence-electron chi connectivity index (χ1n) is 8.51. The van der Waals surface area contributed by atoms with Gasteiger partial charge in [0.2, 0.25) is 0 Å². The summed E-state index contributed by atoms with van der Waals surface area (Å²) in [4.78, 5) is 2.25. The van der Waals surface area contributed by atoms with Gasteiger partial charge >= 0.3 is 6.18 Å². The van der Waals surface area contributed by atoms with Gasteiger partial charge in [-0.05, 0) is 60.5 Å². The van der Waals surface area contributed by atoms with Gasteiger partial charge in [-0.2, -0.15) is 17.9 Å². The molecule has 0 aliphatic heterocycles. The average molecular weight is 353 g/mol. The molecule has 3 rings (SSSR count). The van der Waals surface area contributed by atoms with Crippen LogP contribution in [0.4, 0.5) is 13.2 Å². The van der Waals surface area contributed by atoms with Gasteiger partial charge in [0.05, 0.1) is 17.8 Å². The summed E-state index contributed by atoms with van der Waals surface area (Å²) in [5.41, 5.74) is -0.155. The highest BCUT2D eigenvalue weighted by atomic mass is 19.4. The van der Waals surface area contributed by atoms with Crippen LogP contribution in [0.1, 0.15) is 44.0 Å². The van der Waals surface area contributed by atoms with Gasteiger partial charge in [-0.3, -0.25) is 4.90 Å². The number of hydrogen-bond acceptors (Lipinski definition) is 4. The van der Waals surface area contributed by atoms with E-state index in [1.54, 1.807) is 0 Å². The number of benzene rings is 1. The number of hydrogen-bond donors (Lipinski definition) is 0. The zero-order valence-corrected chi connectivity index (χ0v) is 14.4. The van der Waals surface area contributed by atoms with E-state index in [1.165, 1.54) is 36.1 Å². The largest absolute Gasteiger partial charge is 0.416 e. The molecular formula is C17H22F3N5. The molecule has 2 atom stereocenters. The fourth-order valence-corrected chi connectivity index (χ4v) is 3.59. The molecule has 0 N–H and O–H groups in total. The fourth-order valence-electron chi connectivity index (χ4n) is 3.59. The first-order valence-corrected chi connectivity index (χ1v) is 8.51.